The molecule has 9 heteroatoms. The number of amides is 1. The summed E-state index contributed by atoms with van der Waals surface area (Å²) in [4.78, 5) is 21.1. The number of hydrogen-bond donors (Lipinski definition) is 4. The van der Waals surface area contributed by atoms with E-state index in [1.165, 1.54) is 18.7 Å². The maximum atomic E-state index is 14.5. The molecule has 0 spiro atoms. The SMILES string of the molecule is COc1c(F)cccc1Nc1c2[nH]c3c1C(=O)NCC3[I-]C/C(C)=C/CCNc1cnccc1-2. The van der Waals surface area contributed by atoms with Crippen LogP contribution in [0, 0.1) is 5.82 Å². The van der Waals surface area contributed by atoms with Crippen LogP contribution in [0.4, 0.5) is 21.5 Å². The number of alkyl halides is 2. The summed E-state index contributed by atoms with van der Waals surface area (Å²) in [5.41, 5.74) is 6.52. The molecule has 2 aliphatic heterocycles. The molecule has 0 fully saturated rings. The molecule has 1 atom stereocenters. The van der Waals surface area contributed by atoms with Crippen LogP contribution in [0.1, 0.15) is 33.3 Å². The zero-order valence-electron chi connectivity index (χ0n) is 19.0. The third-order valence-corrected chi connectivity index (χ3v) is 9.73. The van der Waals surface area contributed by atoms with Crippen LogP contribution in [0.25, 0.3) is 11.3 Å². The number of H-pyrrole nitrogens is 1. The standard InChI is InChI=1S/C25H26FIN5O2/c1-14-5-4-9-29-19-13-28-10-8-15(19)21-23(31-18-7-3-6-16(26)24(18)34-2)20-22(32-21)17(27-11-14)12-30-25(20)33/h3,5-8,10,13,17,29,31-32H,4,9,11-12H2,1-2H3,(H,30,33)/q-1/b14-5+. The first-order valence-electron chi connectivity index (χ1n) is 11.1. The molecule has 0 saturated heterocycles. The number of nitrogens with zero attached hydrogens (tertiary/aromatic N) is 1. The Labute approximate surface area is 207 Å². The third-order valence-electron chi connectivity index (χ3n) is 5.96. The second-order valence-electron chi connectivity index (χ2n) is 8.26. The Hall–Kier alpha value is -3.08. The number of nitrogens with one attached hydrogen (secondary N) is 4. The molecule has 2 aromatic heterocycles. The van der Waals surface area contributed by atoms with Gasteiger partial charge in [0.25, 0.3) is 0 Å². The van der Waals surface area contributed by atoms with Crippen LogP contribution in [0.2, 0.25) is 0 Å². The van der Waals surface area contributed by atoms with E-state index in [0.29, 0.717) is 23.5 Å². The van der Waals surface area contributed by atoms with Crippen LogP contribution >= 0.6 is 0 Å². The van der Waals surface area contributed by atoms with Crippen molar-refractivity contribution in [1.82, 2.24) is 15.3 Å². The summed E-state index contributed by atoms with van der Waals surface area (Å²) >= 11 is -0.250. The molecule has 2 aliphatic rings. The number of halogens is 2. The summed E-state index contributed by atoms with van der Waals surface area (Å²) < 4.78 is 21.1. The summed E-state index contributed by atoms with van der Waals surface area (Å²) in [5, 5.41) is 9.90. The minimum atomic E-state index is -0.470. The number of aromatic nitrogens is 2. The van der Waals surface area contributed by atoms with Crippen LogP contribution in [0.3, 0.4) is 0 Å². The van der Waals surface area contributed by atoms with Crippen LogP contribution < -0.4 is 41.9 Å². The number of aromatic amines is 1. The van der Waals surface area contributed by atoms with Gasteiger partial charge in [0.15, 0.2) is 0 Å². The Morgan fingerprint density at radius 1 is 1.26 bits per heavy atom. The van der Waals surface area contributed by atoms with Crippen molar-refractivity contribution in [2.24, 2.45) is 0 Å². The number of para-hydroxylation sites is 1. The van der Waals surface area contributed by atoms with E-state index in [0.717, 1.165) is 40.0 Å². The van der Waals surface area contributed by atoms with Crippen LogP contribution in [-0.2, 0) is 0 Å². The Morgan fingerprint density at radius 3 is 3.00 bits per heavy atom. The van der Waals surface area contributed by atoms with Gasteiger partial charge in [-0.05, 0) is 0 Å². The fourth-order valence-electron chi connectivity index (χ4n) is 4.32. The molecule has 4 heterocycles. The summed E-state index contributed by atoms with van der Waals surface area (Å²) in [6.45, 7) is 3.58. The molecule has 7 nitrogen and oxygen atoms in total. The van der Waals surface area contributed by atoms with E-state index >= 15 is 0 Å². The summed E-state index contributed by atoms with van der Waals surface area (Å²) in [5.74, 6) is -0.507. The Bertz CT molecular complexity index is 1270. The molecule has 1 amide bonds. The number of anilines is 3. The molecule has 0 radical (unpaired) electrons. The normalized spacial score (nSPS) is 19.4. The second-order valence-corrected chi connectivity index (χ2v) is 11.4. The number of carbonyl (C=O) groups is 1. The van der Waals surface area contributed by atoms with Gasteiger partial charge in [-0.1, -0.05) is 0 Å². The van der Waals surface area contributed by atoms with Crippen molar-refractivity contribution in [2.45, 2.75) is 17.3 Å². The van der Waals surface area contributed by atoms with E-state index in [1.54, 1.807) is 24.5 Å². The number of benzene rings is 1. The Morgan fingerprint density at radius 2 is 2.15 bits per heavy atom. The van der Waals surface area contributed by atoms with Crippen molar-refractivity contribution in [3.05, 3.63) is 65.4 Å². The minimum absolute atomic E-state index is 0.104. The van der Waals surface area contributed by atoms with Gasteiger partial charge in [-0.2, -0.15) is 0 Å². The number of rotatable bonds is 3. The van der Waals surface area contributed by atoms with Gasteiger partial charge in [-0.25, -0.2) is 0 Å². The quantitative estimate of drug-likeness (QED) is 0.217. The average molecular weight is 574 g/mol. The third kappa shape index (κ3) is 4.24. The van der Waals surface area contributed by atoms with Gasteiger partial charge in [0.05, 0.1) is 0 Å². The predicted molar refractivity (Wildman–Crippen MR) is 127 cm³/mol. The van der Waals surface area contributed by atoms with Crippen molar-refractivity contribution < 1.29 is 35.1 Å². The van der Waals surface area contributed by atoms with Crippen molar-refractivity contribution in [3.8, 4) is 17.0 Å². The molecule has 1 aromatic carbocycles. The van der Waals surface area contributed by atoms with Gasteiger partial charge in [0.1, 0.15) is 0 Å². The van der Waals surface area contributed by atoms with Crippen molar-refractivity contribution in [3.63, 3.8) is 0 Å². The summed E-state index contributed by atoms with van der Waals surface area (Å²) in [7, 11) is 1.43. The first-order valence-corrected chi connectivity index (χ1v) is 13.9. The molecular formula is C25H26FIN5O2-. The van der Waals surface area contributed by atoms with Gasteiger partial charge in [-0.15, -0.1) is 0 Å². The van der Waals surface area contributed by atoms with Gasteiger partial charge in [-0.3, -0.25) is 0 Å². The topological polar surface area (TPSA) is 91.1 Å². The number of ether oxygens (including phenoxy) is 1. The zero-order valence-corrected chi connectivity index (χ0v) is 21.1. The average Bonchev–Trinajstić information content (AvgIpc) is 3.21. The first-order chi connectivity index (χ1) is 16.6. The molecule has 3 aromatic rings. The monoisotopic (exact) mass is 574 g/mol. The van der Waals surface area contributed by atoms with E-state index in [1.807, 2.05) is 6.07 Å². The first kappa shape index (κ1) is 22.7. The van der Waals surface area contributed by atoms with Crippen LogP contribution in [-0.4, -0.2) is 40.5 Å². The number of hydrogen-bond acceptors (Lipinski definition) is 5. The fourth-order valence-corrected chi connectivity index (χ4v) is 7.30. The Kier molecular flexibility index (Phi) is 6.44. The van der Waals surface area contributed by atoms with E-state index in [4.69, 9.17) is 4.74 Å². The number of allylic oxidation sites excluding steroid dienone is 1. The summed E-state index contributed by atoms with van der Waals surface area (Å²) in [6.07, 6.45) is 6.75. The molecule has 178 valence electrons. The van der Waals surface area contributed by atoms with Crippen LogP contribution in [0.15, 0.2) is 48.3 Å². The molecule has 34 heavy (non-hydrogen) atoms. The van der Waals surface area contributed by atoms with Gasteiger partial charge in [0.2, 0.25) is 0 Å². The number of carbonyl (C=O) groups excluding carboxylic acids is 1. The van der Waals surface area contributed by atoms with E-state index in [9.17, 15) is 9.18 Å². The van der Waals surface area contributed by atoms with Crippen LogP contribution in [0.5, 0.6) is 5.75 Å². The maximum absolute atomic E-state index is 14.5. The molecule has 0 saturated carbocycles. The number of methoxy groups -OCH3 is 1. The van der Waals surface area contributed by atoms with Crippen molar-refractivity contribution >= 4 is 23.0 Å². The van der Waals surface area contributed by atoms with Crippen molar-refractivity contribution in [2.75, 3.05) is 35.3 Å². The second kappa shape index (κ2) is 9.65. The molecule has 2 bridgehead atoms. The Balaban J connectivity index is 1.72. The summed E-state index contributed by atoms with van der Waals surface area (Å²) in [6, 6.07) is 6.64. The van der Waals surface area contributed by atoms with Gasteiger partial charge in [0, 0.05) is 0 Å². The zero-order chi connectivity index (χ0) is 23.7. The van der Waals surface area contributed by atoms with Gasteiger partial charge >= 0.3 is 208 Å². The molecule has 1 unspecified atom stereocenters. The van der Waals surface area contributed by atoms with E-state index in [2.05, 4.69) is 38.9 Å². The van der Waals surface area contributed by atoms with E-state index < -0.39 is 5.82 Å². The molecule has 5 rings (SSSR count). The number of fused-ring (bicyclic) bond motifs is 3. The fraction of sp³-hybridized carbons (Fsp3) is 0.280. The predicted octanol–water partition coefficient (Wildman–Crippen LogP) is 1.60. The van der Waals surface area contributed by atoms with Crippen molar-refractivity contribution in [1.29, 1.82) is 0 Å². The molecule has 4 N–H and O–H groups in total. The molecule has 0 aliphatic carbocycles. The molecular weight excluding hydrogens is 548 g/mol. The van der Waals surface area contributed by atoms with Gasteiger partial charge < -0.3 is 0 Å². The number of pyridine rings is 1. The van der Waals surface area contributed by atoms with E-state index in [-0.39, 0.29) is 36.8 Å².